The van der Waals surface area contributed by atoms with E-state index in [2.05, 4.69) is 106 Å². The Balaban J connectivity index is 3.97. The topological polar surface area (TPSA) is 78.9 Å². The van der Waals surface area contributed by atoms with Crippen molar-refractivity contribution in [3.05, 3.63) is 85.1 Å². The van der Waals surface area contributed by atoms with Crippen LogP contribution in [0.3, 0.4) is 0 Å². The van der Waals surface area contributed by atoms with E-state index in [1.54, 1.807) is 0 Å². The van der Waals surface area contributed by atoms with Crippen LogP contribution in [-0.2, 0) is 28.6 Å². The van der Waals surface area contributed by atoms with Gasteiger partial charge in [0.15, 0.2) is 6.10 Å². The molecule has 6 nitrogen and oxygen atoms in total. The maximum Gasteiger partial charge on any atom is 0.306 e. The molecule has 474 valence electrons. The summed E-state index contributed by atoms with van der Waals surface area (Å²) in [5.74, 6) is -0.872. The number of carbonyl (C=O) groups excluding carboxylic acids is 3. The van der Waals surface area contributed by atoms with Crippen molar-refractivity contribution in [1.29, 1.82) is 0 Å². The van der Waals surface area contributed by atoms with Gasteiger partial charge in [0, 0.05) is 19.3 Å². The number of hydrogen-bond acceptors (Lipinski definition) is 6. The summed E-state index contributed by atoms with van der Waals surface area (Å²) < 4.78 is 16.8. The first-order valence-electron chi connectivity index (χ1n) is 35.6. The highest BCUT2D eigenvalue weighted by atomic mass is 16.6. The largest absolute Gasteiger partial charge is 0.462 e. The zero-order valence-corrected chi connectivity index (χ0v) is 54.5. The second-order valence-electron chi connectivity index (χ2n) is 23.8. The molecule has 0 aromatic heterocycles. The van der Waals surface area contributed by atoms with Gasteiger partial charge in [-0.2, -0.15) is 0 Å². The van der Waals surface area contributed by atoms with E-state index in [4.69, 9.17) is 14.2 Å². The lowest BCUT2D eigenvalue weighted by molar-refractivity contribution is -0.167. The smallest absolute Gasteiger partial charge is 0.306 e. The molecule has 0 fully saturated rings. The molecule has 0 heterocycles. The third-order valence-corrected chi connectivity index (χ3v) is 15.7. The lowest BCUT2D eigenvalue weighted by atomic mass is 10.0. The molecule has 0 saturated carbocycles. The van der Waals surface area contributed by atoms with E-state index in [-0.39, 0.29) is 31.1 Å². The highest BCUT2D eigenvalue weighted by Gasteiger charge is 2.19. The minimum absolute atomic E-state index is 0.0734. The lowest BCUT2D eigenvalue weighted by Gasteiger charge is -2.18. The molecule has 82 heavy (non-hydrogen) atoms. The van der Waals surface area contributed by atoms with E-state index in [1.807, 2.05) is 0 Å². The van der Waals surface area contributed by atoms with Crippen molar-refractivity contribution in [2.24, 2.45) is 0 Å². The fourth-order valence-electron chi connectivity index (χ4n) is 10.4. The van der Waals surface area contributed by atoms with Crippen molar-refractivity contribution in [3.8, 4) is 0 Å². The zero-order valence-electron chi connectivity index (χ0n) is 54.5. The van der Waals surface area contributed by atoms with Gasteiger partial charge in [-0.05, 0) is 77.0 Å². The first-order chi connectivity index (χ1) is 40.5. The van der Waals surface area contributed by atoms with Crippen molar-refractivity contribution in [2.45, 2.75) is 367 Å². The van der Waals surface area contributed by atoms with E-state index >= 15 is 0 Å². The molecule has 1 unspecified atom stereocenters. The molecule has 0 rings (SSSR count). The van der Waals surface area contributed by atoms with Crippen LogP contribution in [0, 0.1) is 0 Å². The fraction of sp³-hybridized carbons (Fsp3) is 0.776. The summed E-state index contributed by atoms with van der Waals surface area (Å²) in [5, 5.41) is 0. The van der Waals surface area contributed by atoms with Crippen LogP contribution in [-0.4, -0.2) is 37.2 Å². The molecule has 0 bridgehead atoms. The minimum Gasteiger partial charge on any atom is -0.462 e. The van der Waals surface area contributed by atoms with Crippen molar-refractivity contribution in [3.63, 3.8) is 0 Å². The van der Waals surface area contributed by atoms with Gasteiger partial charge in [-0.25, -0.2) is 0 Å². The van der Waals surface area contributed by atoms with Crippen LogP contribution in [0.15, 0.2) is 85.1 Å². The van der Waals surface area contributed by atoms with Gasteiger partial charge in [0.1, 0.15) is 13.2 Å². The monoisotopic (exact) mass is 1140 g/mol. The van der Waals surface area contributed by atoms with Crippen LogP contribution < -0.4 is 0 Å². The Hall–Kier alpha value is -3.41. The predicted octanol–water partition coefficient (Wildman–Crippen LogP) is 24.6. The van der Waals surface area contributed by atoms with Crippen LogP contribution in [0.25, 0.3) is 0 Å². The van der Waals surface area contributed by atoms with Gasteiger partial charge in [0.2, 0.25) is 0 Å². The van der Waals surface area contributed by atoms with Gasteiger partial charge < -0.3 is 14.2 Å². The van der Waals surface area contributed by atoms with E-state index in [0.29, 0.717) is 19.3 Å². The van der Waals surface area contributed by atoms with Gasteiger partial charge in [-0.15, -0.1) is 0 Å². The average Bonchev–Trinajstić information content (AvgIpc) is 3.47. The maximum atomic E-state index is 12.9. The standard InChI is InChI=1S/C76H134O6/c1-4-7-10-13-15-17-19-21-23-25-27-29-31-33-35-36-37-38-39-40-41-43-44-46-48-50-52-54-56-58-60-63-66-69-75(78)81-72-73(71-80-74(77)68-65-62-12-9-6-3)82-76(79)70-67-64-61-59-57-55-53-51-49-47-45-42-34-32-30-28-26-24-22-20-18-16-14-11-8-5-2/h7,10,15,17,21,23,27,29,33,35,37-38,40-41,73H,4-6,8-9,11-14,16,18-20,22,24-26,28,30-32,34,36,39,42-72H2,1-3H3/b10-7-,17-15-,23-21-,29-27-,35-33-,38-37-,41-40-. The molecular weight excluding hydrogens is 1010 g/mol. The zero-order chi connectivity index (χ0) is 59.2. The quantitative estimate of drug-likeness (QED) is 0.0261. The first-order valence-corrected chi connectivity index (χ1v) is 35.6. The number of ether oxygens (including phenoxy) is 3. The molecule has 0 aliphatic heterocycles. The van der Waals surface area contributed by atoms with Gasteiger partial charge >= 0.3 is 17.9 Å². The molecule has 0 aromatic rings. The van der Waals surface area contributed by atoms with Gasteiger partial charge in [-0.3, -0.25) is 14.4 Å². The van der Waals surface area contributed by atoms with Crippen LogP contribution in [0.4, 0.5) is 0 Å². The van der Waals surface area contributed by atoms with E-state index in [9.17, 15) is 14.4 Å². The summed E-state index contributed by atoms with van der Waals surface area (Å²) in [4.78, 5) is 38.0. The molecule has 0 spiro atoms. The lowest BCUT2D eigenvalue weighted by Crippen LogP contribution is -2.30. The summed E-state index contributed by atoms with van der Waals surface area (Å²) in [5.41, 5.74) is 0. The molecule has 0 saturated heterocycles. The Morgan fingerprint density at radius 2 is 0.476 bits per heavy atom. The van der Waals surface area contributed by atoms with E-state index in [0.717, 1.165) is 109 Å². The highest BCUT2D eigenvalue weighted by molar-refractivity contribution is 5.71. The molecule has 0 aliphatic rings. The molecular formula is C76H134O6. The molecule has 0 N–H and O–H groups in total. The van der Waals surface area contributed by atoms with Crippen LogP contribution in [0.5, 0.6) is 0 Å². The second kappa shape index (κ2) is 70.1. The van der Waals surface area contributed by atoms with Gasteiger partial charge in [0.25, 0.3) is 0 Å². The average molecular weight is 1140 g/mol. The van der Waals surface area contributed by atoms with Crippen LogP contribution in [0.1, 0.15) is 361 Å². The first kappa shape index (κ1) is 78.6. The van der Waals surface area contributed by atoms with Crippen molar-refractivity contribution in [1.82, 2.24) is 0 Å². The minimum atomic E-state index is -0.772. The molecule has 0 radical (unpaired) electrons. The summed E-state index contributed by atoms with van der Waals surface area (Å²) in [6, 6.07) is 0. The highest BCUT2D eigenvalue weighted by Crippen LogP contribution is 2.18. The Morgan fingerprint density at radius 1 is 0.256 bits per heavy atom. The fourth-order valence-corrected chi connectivity index (χ4v) is 10.4. The number of carbonyl (C=O) groups is 3. The summed E-state index contributed by atoms with van der Waals surface area (Å²) in [6.45, 7) is 6.49. The molecule has 6 heteroatoms. The second-order valence-corrected chi connectivity index (χ2v) is 23.8. The third-order valence-electron chi connectivity index (χ3n) is 15.7. The summed E-state index contributed by atoms with van der Waals surface area (Å²) >= 11 is 0. The van der Waals surface area contributed by atoms with Gasteiger partial charge in [-0.1, -0.05) is 350 Å². The van der Waals surface area contributed by atoms with Crippen molar-refractivity contribution < 1.29 is 28.6 Å². The van der Waals surface area contributed by atoms with Crippen molar-refractivity contribution >= 4 is 17.9 Å². The SMILES string of the molecule is CC/C=C\C/C=C\C/C=C\C/C=C\C/C=C\C/C=C\C/C=C\CCCCCCCCCCCCCC(=O)OCC(COC(=O)CCCCCCC)OC(=O)CCCCCCCCCCCCCCCCCCCCCCCCCCCC. The number of rotatable bonds is 65. The number of unbranched alkanes of at least 4 members (excludes halogenated alkanes) is 40. The summed E-state index contributed by atoms with van der Waals surface area (Å²) in [7, 11) is 0. The number of allylic oxidation sites excluding steroid dienone is 14. The third kappa shape index (κ3) is 67.4. The van der Waals surface area contributed by atoms with Gasteiger partial charge in [0.05, 0.1) is 0 Å². The number of esters is 3. The van der Waals surface area contributed by atoms with E-state index < -0.39 is 6.10 Å². The maximum absolute atomic E-state index is 12.9. The van der Waals surface area contributed by atoms with Crippen molar-refractivity contribution in [2.75, 3.05) is 13.2 Å². The predicted molar refractivity (Wildman–Crippen MR) is 358 cm³/mol. The van der Waals surface area contributed by atoms with Crippen LogP contribution in [0.2, 0.25) is 0 Å². The number of hydrogen-bond donors (Lipinski definition) is 0. The Labute approximate surface area is 509 Å². The van der Waals surface area contributed by atoms with Crippen LogP contribution >= 0.6 is 0 Å². The molecule has 0 aliphatic carbocycles. The summed E-state index contributed by atoms with van der Waals surface area (Å²) in [6.07, 6.45) is 93.9. The molecule has 0 aromatic carbocycles. The molecule has 0 amide bonds. The molecule has 1 atom stereocenters. The normalized spacial score (nSPS) is 12.6. The Bertz CT molecular complexity index is 1550. The van der Waals surface area contributed by atoms with E-state index in [1.165, 1.54) is 212 Å². The Kier molecular flexibility index (Phi) is 67.2. The Morgan fingerprint density at radius 3 is 0.744 bits per heavy atom.